The Labute approximate surface area is 165 Å². The molecule has 0 fully saturated rings. The van der Waals surface area contributed by atoms with Gasteiger partial charge in [0.05, 0.1) is 6.61 Å². The topological polar surface area (TPSA) is 68.1 Å². The largest absolute Gasteiger partial charge is 0.493 e. The fourth-order valence-corrected chi connectivity index (χ4v) is 4.00. The van der Waals surface area contributed by atoms with E-state index in [1.807, 2.05) is 30.5 Å². The van der Waals surface area contributed by atoms with Crippen molar-refractivity contribution in [1.29, 1.82) is 0 Å². The van der Waals surface area contributed by atoms with Crippen LogP contribution in [-0.2, 0) is 24.1 Å². The van der Waals surface area contributed by atoms with Crippen LogP contribution in [0.15, 0.2) is 66.9 Å². The Kier molecular flexibility index (Phi) is 5.47. The Balaban J connectivity index is 1.45. The number of aromatic nitrogens is 1. The number of rotatable bonds is 8. The highest BCUT2D eigenvalue weighted by Crippen LogP contribution is 2.37. The molecule has 3 N–H and O–H groups in total. The highest BCUT2D eigenvalue weighted by molar-refractivity contribution is 5.77. The molecule has 4 rings (SSSR count). The zero-order valence-corrected chi connectivity index (χ0v) is 15.9. The average molecular weight is 374 g/mol. The molecule has 1 amide bonds. The smallest absolute Gasteiger partial charge is 0.221 e. The maximum absolute atomic E-state index is 12.0. The van der Waals surface area contributed by atoms with Crippen LogP contribution in [0.3, 0.4) is 0 Å². The summed E-state index contributed by atoms with van der Waals surface area (Å²) in [5, 5.41) is 0. The molecular weight excluding hydrogens is 348 g/mol. The number of ether oxygens (including phenoxy) is 1. The number of hydrogen-bond acceptors (Lipinski definition) is 2. The molecule has 144 valence electrons. The van der Waals surface area contributed by atoms with E-state index < -0.39 is 0 Å². The van der Waals surface area contributed by atoms with Gasteiger partial charge in [0.15, 0.2) is 0 Å². The van der Waals surface area contributed by atoms with Crippen LogP contribution in [0, 0.1) is 5.92 Å². The molecule has 2 heterocycles. The van der Waals surface area contributed by atoms with Crippen molar-refractivity contribution in [2.75, 3.05) is 6.61 Å². The second-order valence-electron chi connectivity index (χ2n) is 7.61. The van der Waals surface area contributed by atoms with Crippen LogP contribution in [0.4, 0.5) is 0 Å². The van der Waals surface area contributed by atoms with Gasteiger partial charge in [0, 0.05) is 29.3 Å². The lowest BCUT2D eigenvalue weighted by atomic mass is 9.89. The maximum Gasteiger partial charge on any atom is 0.221 e. The van der Waals surface area contributed by atoms with Crippen LogP contribution >= 0.6 is 0 Å². The first-order chi connectivity index (χ1) is 13.7. The molecule has 3 aromatic rings. The molecule has 1 aliphatic heterocycles. The summed E-state index contributed by atoms with van der Waals surface area (Å²) in [7, 11) is 0. The van der Waals surface area contributed by atoms with Gasteiger partial charge in [-0.25, -0.2) is 0 Å². The van der Waals surface area contributed by atoms with Crippen molar-refractivity contribution in [1.82, 2.24) is 4.98 Å². The minimum Gasteiger partial charge on any atom is -0.493 e. The van der Waals surface area contributed by atoms with E-state index in [0.29, 0.717) is 18.8 Å². The number of nitrogens with two attached hydrogens (primary N) is 1. The zero-order chi connectivity index (χ0) is 19.3. The van der Waals surface area contributed by atoms with Gasteiger partial charge >= 0.3 is 0 Å². The molecule has 0 saturated carbocycles. The van der Waals surface area contributed by atoms with Gasteiger partial charge in [-0.3, -0.25) is 4.79 Å². The summed E-state index contributed by atoms with van der Waals surface area (Å²) in [6.07, 6.45) is 5.25. The number of nitrogens with one attached hydrogen (secondary N) is 1. The van der Waals surface area contributed by atoms with Crippen molar-refractivity contribution in [2.24, 2.45) is 11.7 Å². The van der Waals surface area contributed by atoms with Crippen molar-refractivity contribution in [3.8, 4) is 5.75 Å². The minimum absolute atomic E-state index is 0.221. The highest BCUT2D eigenvalue weighted by Gasteiger charge is 2.25. The molecule has 0 saturated heterocycles. The number of aryl methyl sites for hydroxylation is 1. The molecule has 4 nitrogen and oxygen atoms in total. The van der Waals surface area contributed by atoms with Crippen LogP contribution in [0.25, 0.3) is 0 Å². The third-order valence-electron chi connectivity index (χ3n) is 5.59. The summed E-state index contributed by atoms with van der Waals surface area (Å²) in [5.41, 5.74) is 10.5. The number of aromatic amines is 1. The number of primary amides is 1. The zero-order valence-electron chi connectivity index (χ0n) is 15.9. The number of amides is 1. The first-order valence-corrected chi connectivity index (χ1v) is 9.90. The van der Waals surface area contributed by atoms with Crippen LogP contribution in [0.5, 0.6) is 5.75 Å². The van der Waals surface area contributed by atoms with Gasteiger partial charge in [0.25, 0.3) is 0 Å². The molecular formula is C24H26N2O2. The van der Waals surface area contributed by atoms with E-state index in [4.69, 9.17) is 10.5 Å². The van der Waals surface area contributed by atoms with Gasteiger partial charge in [-0.2, -0.15) is 0 Å². The molecule has 0 aliphatic carbocycles. The van der Waals surface area contributed by atoms with Crippen LogP contribution in [0.2, 0.25) is 0 Å². The van der Waals surface area contributed by atoms with E-state index >= 15 is 0 Å². The number of H-pyrrole nitrogens is 1. The fourth-order valence-electron chi connectivity index (χ4n) is 4.00. The second kappa shape index (κ2) is 8.34. The lowest BCUT2D eigenvalue weighted by molar-refractivity contribution is -0.121. The predicted octanol–water partition coefficient (Wildman–Crippen LogP) is 4.01. The number of carbonyl (C=O) groups excluding carboxylic acids is 1. The Morgan fingerprint density at radius 2 is 1.93 bits per heavy atom. The van der Waals surface area contributed by atoms with E-state index in [1.54, 1.807) is 0 Å². The quantitative estimate of drug-likeness (QED) is 0.625. The fraction of sp³-hybridized carbons (Fsp3) is 0.292. The van der Waals surface area contributed by atoms with Crippen LogP contribution in [0.1, 0.15) is 34.7 Å². The molecule has 0 bridgehead atoms. The molecule has 2 atom stereocenters. The van der Waals surface area contributed by atoms with Crippen LogP contribution < -0.4 is 10.5 Å². The SMILES string of the molecule is NC(=O)C(Cc1ccc2c(c1)C(CCc1ccccc1)CO2)Cc1ccc[nH]1. The van der Waals surface area contributed by atoms with Crippen molar-refractivity contribution in [3.05, 3.63) is 89.2 Å². The summed E-state index contributed by atoms with van der Waals surface area (Å²) >= 11 is 0. The molecule has 0 spiro atoms. The number of benzene rings is 2. The highest BCUT2D eigenvalue weighted by atomic mass is 16.5. The van der Waals surface area contributed by atoms with E-state index in [0.717, 1.165) is 36.5 Å². The van der Waals surface area contributed by atoms with E-state index in [-0.39, 0.29) is 11.8 Å². The Bertz CT molecular complexity index is 919. The van der Waals surface area contributed by atoms with Gasteiger partial charge in [0.2, 0.25) is 5.91 Å². The number of fused-ring (bicyclic) bond motifs is 1. The third kappa shape index (κ3) is 4.28. The molecule has 4 heteroatoms. The van der Waals surface area contributed by atoms with E-state index in [2.05, 4.69) is 41.4 Å². The second-order valence-corrected chi connectivity index (χ2v) is 7.61. The Morgan fingerprint density at radius 1 is 1.07 bits per heavy atom. The summed E-state index contributed by atoms with van der Waals surface area (Å²) in [6.45, 7) is 0.730. The molecule has 1 aromatic heterocycles. The summed E-state index contributed by atoms with van der Waals surface area (Å²) in [4.78, 5) is 15.1. The standard InChI is InChI=1S/C24H26N2O2/c25-24(27)20(15-21-7-4-12-26-21)13-18-9-11-23-22(14-18)19(16-28-23)10-8-17-5-2-1-3-6-17/h1-7,9,11-12,14,19-20,26H,8,10,13,15-16H2,(H2,25,27). The van der Waals surface area contributed by atoms with Crippen molar-refractivity contribution in [2.45, 2.75) is 31.6 Å². The van der Waals surface area contributed by atoms with E-state index in [9.17, 15) is 4.79 Å². The van der Waals surface area contributed by atoms with Gasteiger partial charge in [-0.05, 0) is 55.0 Å². The van der Waals surface area contributed by atoms with Crippen LogP contribution in [-0.4, -0.2) is 17.5 Å². The van der Waals surface area contributed by atoms with Gasteiger partial charge in [0.1, 0.15) is 5.75 Å². The Hall–Kier alpha value is -3.01. The lowest BCUT2D eigenvalue weighted by Crippen LogP contribution is -2.27. The number of carbonyl (C=O) groups is 1. The predicted molar refractivity (Wildman–Crippen MR) is 110 cm³/mol. The molecule has 0 radical (unpaired) electrons. The van der Waals surface area contributed by atoms with Crippen molar-refractivity contribution >= 4 is 5.91 Å². The number of hydrogen-bond donors (Lipinski definition) is 2. The van der Waals surface area contributed by atoms with Crippen molar-refractivity contribution in [3.63, 3.8) is 0 Å². The van der Waals surface area contributed by atoms with E-state index in [1.165, 1.54) is 11.1 Å². The first kappa shape index (κ1) is 18.4. The van der Waals surface area contributed by atoms with Gasteiger partial charge in [-0.1, -0.05) is 42.5 Å². The van der Waals surface area contributed by atoms with Gasteiger partial charge < -0.3 is 15.5 Å². The first-order valence-electron chi connectivity index (χ1n) is 9.90. The monoisotopic (exact) mass is 374 g/mol. The molecule has 2 unspecified atom stereocenters. The molecule has 1 aliphatic rings. The van der Waals surface area contributed by atoms with Crippen molar-refractivity contribution < 1.29 is 9.53 Å². The summed E-state index contributed by atoms with van der Waals surface area (Å²) < 4.78 is 5.90. The molecule has 2 aromatic carbocycles. The molecule has 28 heavy (non-hydrogen) atoms. The lowest BCUT2D eigenvalue weighted by Gasteiger charge is -2.14. The minimum atomic E-state index is -0.257. The third-order valence-corrected chi connectivity index (χ3v) is 5.59. The Morgan fingerprint density at radius 3 is 2.68 bits per heavy atom. The average Bonchev–Trinajstić information content (AvgIpc) is 3.36. The normalized spacial score (nSPS) is 16.4. The maximum atomic E-state index is 12.0. The summed E-state index contributed by atoms with van der Waals surface area (Å²) in [6, 6.07) is 20.8. The summed E-state index contributed by atoms with van der Waals surface area (Å²) in [5.74, 6) is 0.890. The van der Waals surface area contributed by atoms with Gasteiger partial charge in [-0.15, -0.1) is 0 Å².